The molecule has 0 aliphatic heterocycles. The van der Waals surface area contributed by atoms with E-state index in [1.54, 1.807) is 6.07 Å². The van der Waals surface area contributed by atoms with Crippen LogP contribution in [-0.2, 0) is 10.0 Å². The van der Waals surface area contributed by atoms with Crippen molar-refractivity contribution in [2.45, 2.75) is 0 Å². The lowest BCUT2D eigenvalue weighted by Crippen LogP contribution is -2.28. The number of hydrogen-bond donors (Lipinski definition) is 1. The summed E-state index contributed by atoms with van der Waals surface area (Å²) >= 11 is 0. The summed E-state index contributed by atoms with van der Waals surface area (Å²) in [4.78, 5) is 10.5. The smallest absolute Gasteiger partial charge is 0.333 e. The average molecular weight is 303 g/mol. The highest BCUT2D eigenvalue weighted by Gasteiger charge is 2.21. The van der Waals surface area contributed by atoms with Gasteiger partial charge >= 0.3 is 5.69 Å². The number of sulfonamides is 1. The number of nitro benzene ring substituents is 1. The number of methoxy groups -OCH3 is 1. The fraction of sp³-hybridized carbons (Fsp3) is 0.455. The summed E-state index contributed by atoms with van der Waals surface area (Å²) in [6.45, 7) is 0.0640. The van der Waals surface area contributed by atoms with Crippen LogP contribution in [0.1, 0.15) is 0 Å². The minimum atomic E-state index is -3.35. The molecule has 0 atom stereocenters. The van der Waals surface area contributed by atoms with Gasteiger partial charge in [0, 0.05) is 20.6 Å². The van der Waals surface area contributed by atoms with Gasteiger partial charge in [-0.05, 0) is 12.1 Å². The van der Waals surface area contributed by atoms with Gasteiger partial charge in [0.25, 0.3) is 0 Å². The molecular formula is C11H17N3O5S. The molecule has 8 nitrogen and oxygen atoms in total. The van der Waals surface area contributed by atoms with Crippen LogP contribution in [-0.4, -0.2) is 51.1 Å². The Morgan fingerprint density at radius 1 is 1.40 bits per heavy atom. The van der Waals surface area contributed by atoms with Gasteiger partial charge in [0.2, 0.25) is 10.0 Å². The van der Waals surface area contributed by atoms with Gasteiger partial charge in [-0.2, -0.15) is 0 Å². The van der Waals surface area contributed by atoms with Gasteiger partial charge < -0.3 is 10.1 Å². The summed E-state index contributed by atoms with van der Waals surface area (Å²) < 4.78 is 29.2. The molecule has 1 aromatic carbocycles. The van der Waals surface area contributed by atoms with E-state index in [4.69, 9.17) is 4.74 Å². The summed E-state index contributed by atoms with van der Waals surface area (Å²) in [6, 6.07) is 4.57. The highest BCUT2D eigenvalue weighted by atomic mass is 32.2. The predicted molar refractivity (Wildman–Crippen MR) is 75.6 cm³/mol. The summed E-state index contributed by atoms with van der Waals surface area (Å²) in [6.07, 6.45) is 0. The van der Waals surface area contributed by atoms with Crippen LogP contribution < -0.4 is 10.1 Å². The molecule has 9 heteroatoms. The van der Waals surface area contributed by atoms with Crippen molar-refractivity contribution in [3.8, 4) is 5.75 Å². The largest absolute Gasteiger partial charge is 0.490 e. The Hall–Kier alpha value is -1.87. The topological polar surface area (TPSA) is 102 Å². The number of benzene rings is 1. The third-order valence-electron chi connectivity index (χ3n) is 2.63. The first kappa shape index (κ1) is 16.2. The lowest BCUT2D eigenvalue weighted by molar-refractivity contribution is -0.384. The van der Waals surface area contributed by atoms with Crippen LogP contribution in [0, 0.1) is 10.1 Å². The third-order valence-corrected chi connectivity index (χ3v) is 4.47. The zero-order valence-corrected chi connectivity index (χ0v) is 12.3. The molecule has 112 valence electrons. The van der Waals surface area contributed by atoms with Gasteiger partial charge in [-0.15, -0.1) is 0 Å². The molecule has 1 rings (SSSR count). The van der Waals surface area contributed by atoms with Crippen LogP contribution in [0.2, 0.25) is 0 Å². The Balaban J connectivity index is 2.86. The van der Waals surface area contributed by atoms with Crippen LogP contribution in [0.3, 0.4) is 0 Å². The van der Waals surface area contributed by atoms with Crippen LogP contribution in [0.15, 0.2) is 18.2 Å². The first-order chi connectivity index (χ1) is 9.29. The van der Waals surface area contributed by atoms with E-state index in [-0.39, 0.29) is 29.4 Å². The van der Waals surface area contributed by atoms with Gasteiger partial charge in [-0.1, -0.05) is 6.07 Å². The number of anilines is 1. The number of ether oxygens (including phenoxy) is 1. The van der Waals surface area contributed by atoms with E-state index in [0.717, 1.165) is 4.31 Å². The van der Waals surface area contributed by atoms with Crippen LogP contribution in [0.4, 0.5) is 11.4 Å². The SMILES string of the molecule is COc1cccc(NCCS(=O)(=O)N(C)C)c1[N+](=O)[O-]. The van der Waals surface area contributed by atoms with Crippen molar-refractivity contribution in [1.29, 1.82) is 0 Å². The maximum absolute atomic E-state index is 11.6. The minimum Gasteiger partial charge on any atom is -0.490 e. The molecule has 0 bridgehead atoms. The molecule has 20 heavy (non-hydrogen) atoms. The number of nitrogens with one attached hydrogen (secondary N) is 1. The van der Waals surface area contributed by atoms with E-state index >= 15 is 0 Å². The first-order valence-electron chi connectivity index (χ1n) is 5.75. The summed E-state index contributed by atoms with van der Waals surface area (Å²) in [5.41, 5.74) is 0.0144. The maximum Gasteiger partial charge on any atom is 0.333 e. The number of nitro groups is 1. The monoisotopic (exact) mass is 303 g/mol. The van der Waals surface area contributed by atoms with Crippen LogP contribution in [0.25, 0.3) is 0 Å². The van der Waals surface area contributed by atoms with E-state index in [0.29, 0.717) is 0 Å². The Morgan fingerprint density at radius 3 is 2.55 bits per heavy atom. The average Bonchev–Trinajstić information content (AvgIpc) is 2.37. The van der Waals surface area contributed by atoms with Crippen molar-refractivity contribution in [3.63, 3.8) is 0 Å². The van der Waals surface area contributed by atoms with E-state index in [2.05, 4.69) is 5.32 Å². The molecular weight excluding hydrogens is 286 g/mol. The maximum atomic E-state index is 11.6. The van der Waals surface area contributed by atoms with E-state index in [9.17, 15) is 18.5 Å². The van der Waals surface area contributed by atoms with Gasteiger partial charge in [-0.3, -0.25) is 10.1 Å². The molecule has 0 saturated heterocycles. The van der Waals surface area contributed by atoms with Gasteiger partial charge in [0.05, 0.1) is 17.8 Å². The second kappa shape index (κ2) is 6.53. The normalized spacial score (nSPS) is 11.4. The van der Waals surface area contributed by atoms with Gasteiger partial charge in [0.1, 0.15) is 5.69 Å². The van der Waals surface area contributed by atoms with Crippen molar-refractivity contribution in [1.82, 2.24) is 4.31 Å². The summed E-state index contributed by atoms with van der Waals surface area (Å²) in [5, 5.41) is 13.8. The van der Waals surface area contributed by atoms with E-state index in [1.807, 2.05) is 0 Å². The van der Waals surface area contributed by atoms with Gasteiger partial charge in [-0.25, -0.2) is 12.7 Å². The molecule has 0 aromatic heterocycles. The molecule has 1 N–H and O–H groups in total. The van der Waals surface area contributed by atoms with Crippen molar-refractivity contribution < 1.29 is 18.1 Å². The van der Waals surface area contributed by atoms with Crippen molar-refractivity contribution in [2.24, 2.45) is 0 Å². The molecule has 0 unspecified atom stereocenters. The van der Waals surface area contributed by atoms with Crippen LogP contribution >= 0.6 is 0 Å². The lowest BCUT2D eigenvalue weighted by Gasteiger charge is -2.13. The molecule has 0 amide bonds. The molecule has 0 spiro atoms. The molecule has 0 fully saturated rings. The molecule has 0 aliphatic carbocycles. The first-order valence-corrected chi connectivity index (χ1v) is 7.36. The second-order valence-electron chi connectivity index (χ2n) is 4.14. The zero-order valence-electron chi connectivity index (χ0n) is 11.5. The second-order valence-corrected chi connectivity index (χ2v) is 6.44. The highest BCUT2D eigenvalue weighted by molar-refractivity contribution is 7.89. The molecule has 0 saturated carbocycles. The number of para-hydroxylation sites is 1. The van der Waals surface area contributed by atoms with Crippen molar-refractivity contribution in [3.05, 3.63) is 28.3 Å². The van der Waals surface area contributed by atoms with Crippen molar-refractivity contribution in [2.75, 3.05) is 38.8 Å². The standard InChI is InChI=1S/C11H17N3O5S/c1-13(2)20(17,18)8-7-12-9-5-4-6-10(19-3)11(9)14(15)16/h4-6,12H,7-8H2,1-3H3. The lowest BCUT2D eigenvalue weighted by atomic mass is 10.2. The van der Waals surface area contributed by atoms with Crippen molar-refractivity contribution >= 4 is 21.4 Å². The number of nitrogens with zero attached hydrogens (tertiary/aromatic N) is 2. The zero-order chi connectivity index (χ0) is 15.3. The highest BCUT2D eigenvalue weighted by Crippen LogP contribution is 2.34. The minimum absolute atomic E-state index is 0.0640. The molecule has 0 radical (unpaired) electrons. The Bertz CT molecular complexity index is 586. The fourth-order valence-electron chi connectivity index (χ4n) is 1.52. The molecule has 0 aliphatic rings. The third kappa shape index (κ3) is 3.81. The molecule has 0 heterocycles. The van der Waals surface area contributed by atoms with Crippen LogP contribution in [0.5, 0.6) is 5.75 Å². The number of rotatable bonds is 7. The Kier molecular flexibility index (Phi) is 5.28. The Morgan fingerprint density at radius 2 is 2.05 bits per heavy atom. The van der Waals surface area contributed by atoms with Gasteiger partial charge in [0.15, 0.2) is 5.75 Å². The van der Waals surface area contributed by atoms with E-state index in [1.165, 1.54) is 33.3 Å². The number of hydrogen-bond acceptors (Lipinski definition) is 6. The fourth-order valence-corrected chi connectivity index (χ4v) is 2.24. The summed E-state index contributed by atoms with van der Waals surface area (Å²) in [5.74, 6) is -0.0376. The quantitative estimate of drug-likeness (QED) is 0.593. The molecule has 1 aromatic rings. The predicted octanol–water partition coefficient (Wildman–Crippen LogP) is 0.907. The summed E-state index contributed by atoms with van der Waals surface area (Å²) in [7, 11) is 0.856. The van der Waals surface area contributed by atoms with E-state index < -0.39 is 14.9 Å². The Labute approximate surface area is 117 Å².